The van der Waals surface area contributed by atoms with Gasteiger partial charge in [0.15, 0.2) is 11.5 Å². The van der Waals surface area contributed by atoms with Gasteiger partial charge in [-0.3, -0.25) is 4.90 Å². The topological polar surface area (TPSA) is 39.5 Å². The van der Waals surface area contributed by atoms with Crippen LogP contribution in [0.2, 0.25) is 0 Å². The van der Waals surface area contributed by atoms with E-state index in [1.54, 1.807) is 7.11 Å². The predicted octanol–water partition coefficient (Wildman–Crippen LogP) is 3.17. The molecule has 0 spiro atoms. The summed E-state index contributed by atoms with van der Waals surface area (Å²) in [5.74, 6) is 2.79. The molecule has 5 nitrogen and oxygen atoms in total. The lowest BCUT2D eigenvalue weighted by molar-refractivity contribution is 0.147. The van der Waals surface area contributed by atoms with Crippen molar-refractivity contribution >= 4 is 0 Å². The summed E-state index contributed by atoms with van der Waals surface area (Å²) in [6, 6.07) is 8.34. The highest BCUT2D eigenvalue weighted by molar-refractivity contribution is 5.39. The number of aromatic nitrogens is 2. The van der Waals surface area contributed by atoms with Crippen LogP contribution in [0.5, 0.6) is 11.5 Å². The predicted molar refractivity (Wildman–Crippen MR) is 94.8 cm³/mol. The van der Waals surface area contributed by atoms with E-state index in [2.05, 4.69) is 27.6 Å². The Morgan fingerprint density at radius 3 is 2.88 bits per heavy atom. The zero-order valence-electron chi connectivity index (χ0n) is 14.6. The van der Waals surface area contributed by atoms with Gasteiger partial charge in [0.1, 0.15) is 12.4 Å². The van der Waals surface area contributed by atoms with Gasteiger partial charge in [0.05, 0.1) is 7.11 Å². The zero-order valence-corrected chi connectivity index (χ0v) is 14.6. The van der Waals surface area contributed by atoms with Crippen molar-refractivity contribution in [3.63, 3.8) is 0 Å². The molecule has 0 radical (unpaired) electrons. The quantitative estimate of drug-likeness (QED) is 0.782. The summed E-state index contributed by atoms with van der Waals surface area (Å²) in [6.45, 7) is 5.99. The molecule has 5 heteroatoms. The second-order valence-corrected chi connectivity index (χ2v) is 6.20. The molecular formula is C19H27N3O2. The van der Waals surface area contributed by atoms with Gasteiger partial charge < -0.3 is 14.0 Å². The molecule has 0 bridgehead atoms. The van der Waals surface area contributed by atoms with Gasteiger partial charge in [-0.15, -0.1) is 0 Å². The number of piperidine rings is 1. The Hall–Kier alpha value is -2.01. The molecule has 1 aliphatic rings. The minimum Gasteiger partial charge on any atom is -0.493 e. The standard InChI is InChI=1S/C19H27N3O2/c1-3-19-20-10-12-22(19)16-7-6-11-21(15-16)13-14-24-18-9-5-4-8-17(18)23-2/h4-5,8-10,12,16H,3,6-7,11,13-15H2,1-2H3. The minimum atomic E-state index is 0.530. The van der Waals surface area contributed by atoms with Crippen LogP contribution < -0.4 is 9.47 Å². The Kier molecular flexibility index (Phi) is 5.75. The summed E-state index contributed by atoms with van der Waals surface area (Å²) in [7, 11) is 1.67. The van der Waals surface area contributed by atoms with E-state index in [-0.39, 0.29) is 0 Å². The molecule has 0 N–H and O–H groups in total. The maximum Gasteiger partial charge on any atom is 0.161 e. The van der Waals surface area contributed by atoms with E-state index < -0.39 is 0 Å². The molecule has 1 aliphatic heterocycles. The Bertz CT molecular complexity index is 641. The number of aryl methyl sites for hydroxylation is 1. The van der Waals surface area contributed by atoms with Gasteiger partial charge in [0.2, 0.25) is 0 Å². The van der Waals surface area contributed by atoms with E-state index in [0.29, 0.717) is 12.6 Å². The lowest BCUT2D eigenvalue weighted by atomic mass is 10.1. The van der Waals surface area contributed by atoms with Crippen molar-refractivity contribution in [2.45, 2.75) is 32.2 Å². The van der Waals surface area contributed by atoms with E-state index in [1.807, 2.05) is 30.5 Å². The number of imidazole rings is 1. The highest BCUT2D eigenvalue weighted by Crippen LogP contribution is 2.26. The summed E-state index contributed by atoms with van der Waals surface area (Å²) in [4.78, 5) is 6.95. The molecule has 1 aromatic carbocycles. The number of nitrogens with zero attached hydrogens (tertiary/aromatic N) is 3. The number of benzene rings is 1. The number of hydrogen-bond acceptors (Lipinski definition) is 4. The van der Waals surface area contributed by atoms with Crippen molar-refractivity contribution in [3.8, 4) is 11.5 Å². The number of hydrogen-bond donors (Lipinski definition) is 0. The van der Waals surface area contributed by atoms with Crippen molar-refractivity contribution in [1.29, 1.82) is 0 Å². The Balaban J connectivity index is 1.52. The largest absolute Gasteiger partial charge is 0.493 e. The van der Waals surface area contributed by atoms with E-state index in [9.17, 15) is 0 Å². The first-order valence-corrected chi connectivity index (χ1v) is 8.81. The highest BCUT2D eigenvalue weighted by Gasteiger charge is 2.22. The maximum atomic E-state index is 5.92. The smallest absolute Gasteiger partial charge is 0.161 e. The van der Waals surface area contributed by atoms with E-state index in [4.69, 9.17) is 9.47 Å². The van der Waals surface area contributed by atoms with Gasteiger partial charge in [-0.05, 0) is 31.5 Å². The van der Waals surface area contributed by atoms with E-state index >= 15 is 0 Å². The first kappa shape index (κ1) is 16.8. The van der Waals surface area contributed by atoms with Crippen molar-refractivity contribution in [1.82, 2.24) is 14.5 Å². The molecule has 2 aromatic rings. The molecule has 1 atom stereocenters. The molecule has 2 heterocycles. The fourth-order valence-corrected chi connectivity index (χ4v) is 3.43. The number of rotatable bonds is 7. The average Bonchev–Trinajstić information content (AvgIpc) is 3.11. The Morgan fingerprint density at radius 1 is 1.25 bits per heavy atom. The van der Waals surface area contributed by atoms with Crippen molar-refractivity contribution in [2.24, 2.45) is 0 Å². The summed E-state index contributed by atoms with van der Waals surface area (Å²) in [5.41, 5.74) is 0. The van der Waals surface area contributed by atoms with Gasteiger partial charge >= 0.3 is 0 Å². The van der Waals surface area contributed by atoms with Crippen molar-refractivity contribution < 1.29 is 9.47 Å². The van der Waals surface area contributed by atoms with Crippen LogP contribution in [0.25, 0.3) is 0 Å². The van der Waals surface area contributed by atoms with Crippen molar-refractivity contribution in [2.75, 3.05) is 33.4 Å². The van der Waals surface area contributed by atoms with Gasteiger partial charge in [0, 0.05) is 37.9 Å². The van der Waals surface area contributed by atoms with E-state index in [0.717, 1.165) is 37.6 Å². The Labute approximate surface area is 144 Å². The molecule has 1 saturated heterocycles. The molecular weight excluding hydrogens is 302 g/mol. The third-order valence-corrected chi connectivity index (χ3v) is 4.67. The third kappa shape index (κ3) is 3.90. The number of likely N-dealkylation sites (tertiary alicyclic amines) is 1. The van der Waals surface area contributed by atoms with Gasteiger partial charge in [-0.1, -0.05) is 19.1 Å². The van der Waals surface area contributed by atoms with Gasteiger partial charge in [-0.25, -0.2) is 4.98 Å². The summed E-state index contributed by atoms with van der Waals surface area (Å²) >= 11 is 0. The van der Waals surface area contributed by atoms with Gasteiger partial charge in [0.25, 0.3) is 0 Å². The van der Waals surface area contributed by atoms with Crippen LogP contribution >= 0.6 is 0 Å². The zero-order chi connectivity index (χ0) is 16.8. The molecule has 130 valence electrons. The second-order valence-electron chi connectivity index (χ2n) is 6.20. The first-order valence-electron chi connectivity index (χ1n) is 8.81. The van der Waals surface area contributed by atoms with Crippen LogP contribution in [-0.4, -0.2) is 47.8 Å². The maximum absolute atomic E-state index is 5.92. The molecule has 0 saturated carbocycles. The van der Waals surface area contributed by atoms with Crippen LogP contribution in [0.3, 0.4) is 0 Å². The highest BCUT2D eigenvalue weighted by atomic mass is 16.5. The minimum absolute atomic E-state index is 0.530. The number of para-hydroxylation sites is 2. The fraction of sp³-hybridized carbons (Fsp3) is 0.526. The molecule has 0 aliphatic carbocycles. The second kappa shape index (κ2) is 8.20. The SMILES string of the molecule is CCc1nccn1C1CCCN(CCOc2ccccc2OC)C1. The average molecular weight is 329 g/mol. The molecule has 1 aromatic heterocycles. The first-order chi connectivity index (χ1) is 11.8. The fourth-order valence-electron chi connectivity index (χ4n) is 3.43. The van der Waals surface area contributed by atoms with Crippen LogP contribution in [0.4, 0.5) is 0 Å². The van der Waals surface area contributed by atoms with Crippen molar-refractivity contribution in [3.05, 3.63) is 42.5 Å². The lowest BCUT2D eigenvalue weighted by Crippen LogP contribution is -2.39. The van der Waals surface area contributed by atoms with Crippen LogP contribution in [0.1, 0.15) is 31.6 Å². The monoisotopic (exact) mass is 329 g/mol. The van der Waals surface area contributed by atoms with Crippen LogP contribution in [-0.2, 0) is 6.42 Å². The molecule has 1 unspecified atom stereocenters. The normalized spacial score (nSPS) is 18.5. The van der Waals surface area contributed by atoms with Gasteiger partial charge in [-0.2, -0.15) is 0 Å². The lowest BCUT2D eigenvalue weighted by Gasteiger charge is -2.34. The summed E-state index contributed by atoms with van der Waals surface area (Å²) in [5, 5.41) is 0. The summed E-state index contributed by atoms with van der Waals surface area (Å²) < 4.78 is 13.6. The van der Waals surface area contributed by atoms with E-state index in [1.165, 1.54) is 18.7 Å². The molecule has 1 fully saturated rings. The number of ether oxygens (including phenoxy) is 2. The number of methoxy groups -OCH3 is 1. The summed E-state index contributed by atoms with van der Waals surface area (Å²) in [6.07, 6.45) is 7.48. The Morgan fingerprint density at radius 2 is 2.08 bits per heavy atom. The third-order valence-electron chi connectivity index (χ3n) is 4.67. The van der Waals surface area contributed by atoms with Crippen LogP contribution in [0.15, 0.2) is 36.7 Å². The molecule has 0 amide bonds. The van der Waals surface area contributed by atoms with Crippen LogP contribution in [0, 0.1) is 0 Å². The molecule has 24 heavy (non-hydrogen) atoms. The molecule has 3 rings (SSSR count).